The molecule has 0 saturated carbocycles. The van der Waals surface area contributed by atoms with E-state index in [1.54, 1.807) is 23.5 Å². The van der Waals surface area contributed by atoms with Crippen molar-refractivity contribution in [3.63, 3.8) is 0 Å². The Morgan fingerprint density at radius 2 is 2.05 bits per heavy atom. The Bertz CT molecular complexity index is 570. The molecular formula is C12H15NO3S3. The summed E-state index contributed by atoms with van der Waals surface area (Å²) in [6.45, 7) is 0. The molecule has 1 aromatic rings. The topological polar surface area (TPSA) is 66.7 Å². The van der Waals surface area contributed by atoms with Gasteiger partial charge in [0.25, 0.3) is 5.91 Å². The normalized spacial score (nSPS) is 22.5. The van der Waals surface area contributed by atoms with Crippen LogP contribution in [0.1, 0.15) is 0 Å². The molecule has 0 radical (unpaired) electrons. The van der Waals surface area contributed by atoms with Gasteiger partial charge in [-0.05, 0) is 24.3 Å². The fraction of sp³-hybridized carbons (Fsp3) is 0.417. The van der Waals surface area contributed by atoms with E-state index >= 15 is 0 Å². The van der Waals surface area contributed by atoms with Crippen molar-refractivity contribution in [3.05, 3.63) is 24.3 Å². The minimum absolute atomic E-state index is 0.101. The second-order valence-electron chi connectivity index (χ2n) is 4.16. The monoisotopic (exact) mass is 317 g/mol. The summed E-state index contributed by atoms with van der Waals surface area (Å²) in [5.41, 5.74) is 0. The van der Waals surface area contributed by atoms with Crippen molar-refractivity contribution in [1.82, 2.24) is 0 Å². The van der Waals surface area contributed by atoms with Crippen LogP contribution >= 0.6 is 23.5 Å². The van der Waals surface area contributed by atoms with E-state index < -0.39 is 9.73 Å². The van der Waals surface area contributed by atoms with E-state index in [0.717, 1.165) is 17.3 Å². The first-order valence-electron chi connectivity index (χ1n) is 5.73. The number of carbonyl (C=O) groups is 1. The van der Waals surface area contributed by atoms with Crippen LogP contribution in [0.4, 0.5) is 0 Å². The van der Waals surface area contributed by atoms with Crippen LogP contribution in [0.15, 0.2) is 33.5 Å². The molecule has 1 aliphatic heterocycles. The molecule has 0 spiro atoms. The third-order valence-electron chi connectivity index (χ3n) is 2.63. The maximum absolute atomic E-state index is 12.5. The van der Waals surface area contributed by atoms with E-state index in [-0.39, 0.29) is 16.9 Å². The number of carbonyl (C=O) groups excluding carboxylic acids is 1. The smallest absolute Gasteiger partial charge is 0.267 e. The summed E-state index contributed by atoms with van der Waals surface area (Å²) in [4.78, 5) is 12.5. The van der Waals surface area contributed by atoms with Crippen LogP contribution in [0.5, 0.6) is 5.75 Å². The molecule has 4 nitrogen and oxygen atoms in total. The first kappa shape index (κ1) is 14.7. The van der Waals surface area contributed by atoms with Crippen LogP contribution in [0.3, 0.4) is 0 Å². The highest BCUT2D eigenvalue weighted by Crippen LogP contribution is 2.26. The van der Waals surface area contributed by atoms with Gasteiger partial charge in [-0.2, -0.15) is 16.1 Å². The minimum Gasteiger partial charge on any atom is -0.508 e. The second kappa shape index (κ2) is 6.19. The molecule has 2 atom stereocenters. The summed E-state index contributed by atoms with van der Waals surface area (Å²) < 4.78 is 16.4. The van der Waals surface area contributed by atoms with Crippen LogP contribution in [0, 0.1) is 0 Å². The number of hydrogen-bond donors (Lipinski definition) is 1. The first-order chi connectivity index (χ1) is 8.99. The second-order valence-corrected chi connectivity index (χ2v) is 8.88. The van der Waals surface area contributed by atoms with Gasteiger partial charge in [-0.1, -0.05) is 0 Å². The number of benzene rings is 1. The SMILES string of the molecule is CS(=O)(=NC(=O)C1CSCCS1)c1ccc(O)cc1. The van der Waals surface area contributed by atoms with Crippen LogP contribution in [-0.2, 0) is 14.5 Å². The molecule has 1 N–H and O–H groups in total. The third kappa shape index (κ3) is 3.90. The number of aromatic hydroxyl groups is 1. The molecule has 0 aromatic heterocycles. The number of hydrogen-bond acceptors (Lipinski definition) is 5. The lowest BCUT2D eigenvalue weighted by Gasteiger charge is -2.17. The van der Waals surface area contributed by atoms with Crippen molar-refractivity contribution < 1.29 is 14.1 Å². The van der Waals surface area contributed by atoms with Crippen LogP contribution in [0.25, 0.3) is 0 Å². The molecule has 1 fully saturated rings. The van der Waals surface area contributed by atoms with Gasteiger partial charge in [-0.3, -0.25) is 4.79 Å². The van der Waals surface area contributed by atoms with Gasteiger partial charge in [0, 0.05) is 28.4 Å². The van der Waals surface area contributed by atoms with E-state index in [2.05, 4.69) is 4.36 Å². The fourth-order valence-corrected chi connectivity index (χ4v) is 5.43. The van der Waals surface area contributed by atoms with Crippen molar-refractivity contribution in [2.75, 3.05) is 23.5 Å². The maximum atomic E-state index is 12.5. The van der Waals surface area contributed by atoms with Crippen LogP contribution in [0.2, 0.25) is 0 Å². The zero-order valence-electron chi connectivity index (χ0n) is 10.4. The predicted molar refractivity (Wildman–Crippen MR) is 81.4 cm³/mol. The summed E-state index contributed by atoms with van der Waals surface area (Å²) in [7, 11) is -2.73. The Labute approximate surface area is 121 Å². The average Bonchev–Trinajstić information content (AvgIpc) is 2.40. The molecule has 1 heterocycles. The van der Waals surface area contributed by atoms with Gasteiger partial charge >= 0.3 is 0 Å². The fourth-order valence-electron chi connectivity index (χ4n) is 1.61. The number of nitrogens with zero attached hydrogens (tertiary/aromatic N) is 1. The first-order valence-corrected chi connectivity index (χ1v) is 9.86. The average molecular weight is 317 g/mol. The van der Waals surface area contributed by atoms with E-state index in [9.17, 15) is 14.1 Å². The van der Waals surface area contributed by atoms with Crippen molar-refractivity contribution >= 4 is 39.2 Å². The molecule has 2 unspecified atom stereocenters. The Balaban J connectivity index is 2.22. The zero-order chi connectivity index (χ0) is 13.9. The lowest BCUT2D eigenvalue weighted by atomic mass is 10.3. The molecule has 0 bridgehead atoms. The van der Waals surface area contributed by atoms with E-state index in [0.29, 0.717) is 4.90 Å². The van der Waals surface area contributed by atoms with Gasteiger partial charge in [0.2, 0.25) is 0 Å². The van der Waals surface area contributed by atoms with Gasteiger partial charge in [0.1, 0.15) is 5.75 Å². The molecule has 0 aliphatic carbocycles. The lowest BCUT2D eigenvalue weighted by molar-refractivity contribution is -0.116. The number of phenols is 1. The molecule has 19 heavy (non-hydrogen) atoms. The van der Waals surface area contributed by atoms with Gasteiger partial charge < -0.3 is 5.11 Å². The highest BCUT2D eigenvalue weighted by molar-refractivity contribution is 8.07. The molecule has 104 valence electrons. The van der Waals surface area contributed by atoms with Gasteiger partial charge in [-0.15, -0.1) is 11.8 Å². The van der Waals surface area contributed by atoms with Gasteiger partial charge in [0.15, 0.2) is 0 Å². The summed E-state index contributed by atoms with van der Waals surface area (Å²) in [6.07, 6.45) is 1.46. The summed E-state index contributed by atoms with van der Waals surface area (Å²) in [6, 6.07) is 5.97. The van der Waals surface area contributed by atoms with Crippen molar-refractivity contribution in [1.29, 1.82) is 0 Å². The summed E-state index contributed by atoms with van der Waals surface area (Å²) in [5, 5.41) is 9.03. The Kier molecular flexibility index (Phi) is 4.81. The third-order valence-corrected chi connectivity index (χ3v) is 7.05. The Morgan fingerprint density at radius 3 is 2.63 bits per heavy atom. The van der Waals surface area contributed by atoms with Crippen molar-refractivity contribution in [3.8, 4) is 5.75 Å². The number of phenolic OH excluding ortho intramolecular Hbond substituents is 1. The van der Waals surface area contributed by atoms with Crippen LogP contribution < -0.4 is 0 Å². The summed E-state index contributed by atoms with van der Waals surface area (Å²) >= 11 is 3.31. The lowest BCUT2D eigenvalue weighted by Crippen LogP contribution is -2.23. The molecule has 1 aliphatic rings. The largest absolute Gasteiger partial charge is 0.508 e. The van der Waals surface area contributed by atoms with E-state index in [4.69, 9.17) is 0 Å². The summed E-state index contributed by atoms with van der Waals surface area (Å²) in [5.74, 6) is 2.52. The minimum atomic E-state index is -2.73. The maximum Gasteiger partial charge on any atom is 0.267 e. The van der Waals surface area contributed by atoms with Crippen molar-refractivity contribution in [2.45, 2.75) is 10.1 Å². The highest BCUT2D eigenvalue weighted by atomic mass is 32.2. The molecule has 2 rings (SSSR count). The quantitative estimate of drug-likeness (QED) is 0.906. The number of amides is 1. The van der Waals surface area contributed by atoms with Crippen molar-refractivity contribution in [2.24, 2.45) is 4.36 Å². The standard InChI is InChI=1S/C12H15NO3S3/c1-19(16,10-4-2-9(14)3-5-10)13-12(15)11-8-17-6-7-18-11/h2-5,11,14H,6-8H2,1H3. The van der Waals surface area contributed by atoms with E-state index in [1.807, 2.05) is 0 Å². The van der Waals surface area contributed by atoms with E-state index in [1.165, 1.54) is 30.5 Å². The van der Waals surface area contributed by atoms with Gasteiger partial charge in [-0.25, -0.2) is 4.21 Å². The Morgan fingerprint density at radius 1 is 1.37 bits per heavy atom. The molecule has 1 saturated heterocycles. The Hall–Kier alpha value is -0.660. The molecule has 1 amide bonds. The van der Waals surface area contributed by atoms with Gasteiger partial charge in [0.05, 0.1) is 15.0 Å². The molecule has 7 heteroatoms. The number of thioether (sulfide) groups is 2. The highest BCUT2D eigenvalue weighted by Gasteiger charge is 2.23. The molecular weight excluding hydrogens is 302 g/mol. The predicted octanol–water partition coefficient (Wildman–Crippen LogP) is 2.22. The number of rotatable bonds is 2. The van der Waals surface area contributed by atoms with Crippen LogP contribution in [-0.4, -0.2) is 44.0 Å². The zero-order valence-corrected chi connectivity index (χ0v) is 12.9. The molecule has 1 aromatic carbocycles.